The van der Waals surface area contributed by atoms with Crippen molar-refractivity contribution >= 4 is 17.5 Å². The smallest absolute Gasteiger partial charge is 0.234 e. The molecule has 2 amide bonds. The second kappa shape index (κ2) is 8.40. The van der Waals surface area contributed by atoms with Crippen LogP contribution in [-0.4, -0.2) is 62.7 Å². The fraction of sp³-hybridized carbons (Fsp3) is 0.619. The third-order valence-corrected chi connectivity index (χ3v) is 6.13. The van der Waals surface area contributed by atoms with Crippen molar-refractivity contribution in [3.05, 3.63) is 29.8 Å². The Labute approximate surface area is 160 Å². The fourth-order valence-electron chi connectivity index (χ4n) is 4.45. The van der Waals surface area contributed by atoms with Gasteiger partial charge >= 0.3 is 0 Å². The van der Waals surface area contributed by atoms with Crippen LogP contribution >= 0.6 is 0 Å². The highest BCUT2D eigenvalue weighted by Gasteiger charge is 2.28. The zero-order valence-electron chi connectivity index (χ0n) is 15.9. The lowest BCUT2D eigenvalue weighted by Crippen LogP contribution is -2.43. The van der Waals surface area contributed by atoms with Crippen molar-refractivity contribution in [1.82, 2.24) is 10.2 Å². The topological polar surface area (TPSA) is 61.9 Å². The molecular weight excluding hydrogens is 342 g/mol. The Morgan fingerprint density at radius 1 is 0.963 bits per heavy atom. The minimum atomic E-state index is -0.198. The molecule has 27 heavy (non-hydrogen) atoms. The summed E-state index contributed by atoms with van der Waals surface area (Å²) < 4.78 is 5.44. The molecule has 0 spiro atoms. The summed E-state index contributed by atoms with van der Waals surface area (Å²) in [5.41, 5.74) is 2.24. The number of ether oxygens (including phenoxy) is 1. The van der Waals surface area contributed by atoms with E-state index in [0.717, 1.165) is 50.9 Å². The van der Waals surface area contributed by atoms with Crippen LogP contribution in [0.4, 0.5) is 5.69 Å². The van der Waals surface area contributed by atoms with Crippen LogP contribution < -0.4 is 10.2 Å². The third-order valence-electron chi connectivity index (χ3n) is 6.13. The molecule has 3 aliphatic rings. The van der Waals surface area contributed by atoms with Crippen molar-refractivity contribution < 1.29 is 14.3 Å². The quantitative estimate of drug-likeness (QED) is 0.817. The van der Waals surface area contributed by atoms with Gasteiger partial charge in [-0.15, -0.1) is 0 Å². The van der Waals surface area contributed by atoms with E-state index in [2.05, 4.69) is 39.4 Å². The first-order valence-electron chi connectivity index (χ1n) is 10.2. The van der Waals surface area contributed by atoms with E-state index in [1.54, 1.807) is 0 Å². The van der Waals surface area contributed by atoms with Crippen molar-refractivity contribution in [2.75, 3.05) is 50.8 Å². The van der Waals surface area contributed by atoms with Gasteiger partial charge in [0, 0.05) is 44.8 Å². The van der Waals surface area contributed by atoms with Gasteiger partial charge in [0.1, 0.15) is 0 Å². The number of anilines is 1. The molecule has 6 heteroatoms. The van der Waals surface area contributed by atoms with Crippen LogP contribution in [-0.2, 0) is 14.3 Å². The van der Waals surface area contributed by atoms with Gasteiger partial charge in [-0.1, -0.05) is 12.1 Å². The minimum Gasteiger partial charge on any atom is -0.379 e. The van der Waals surface area contributed by atoms with E-state index in [1.165, 1.54) is 25.1 Å². The van der Waals surface area contributed by atoms with Gasteiger partial charge in [-0.3, -0.25) is 19.8 Å². The number of amides is 2. The molecule has 1 aromatic rings. The van der Waals surface area contributed by atoms with E-state index < -0.39 is 0 Å². The SMILES string of the molecule is O=C1CCC(c2ccc(N3CCC(CN4CCOCC4)CC3)cc2)C(=O)N1. The van der Waals surface area contributed by atoms with Gasteiger partial charge in [-0.25, -0.2) is 0 Å². The molecule has 1 atom stereocenters. The average molecular weight is 371 g/mol. The molecule has 0 bridgehead atoms. The summed E-state index contributed by atoms with van der Waals surface area (Å²) in [5, 5.41) is 2.44. The minimum absolute atomic E-state index is 0.159. The standard InChI is InChI=1S/C21H29N3O3/c25-20-6-5-19(21(26)22-20)17-1-3-18(4-2-17)24-9-7-16(8-10-24)15-23-11-13-27-14-12-23/h1-4,16,19H,5-15H2,(H,22,25,26). The van der Waals surface area contributed by atoms with E-state index in [1.807, 2.05) is 0 Å². The molecule has 0 aliphatic carbocycles. The van der Waals surface area contributed by atoms with Crippen molar-refractivity contribution in [1.29, 1.82) is 0 Å². The van der Waals surface area contributed by atoms with Crippen molar-refractivity contribution in [2.45, 2.75) is 31.6 Å². The lowest BCUT2D eigenvalue weighted by molar-refractivity contribution is -0.134. The average Bonchev–Trinajstić information content (AvgIpc) is 2.70. The molecule has 3 saturated heterocycles. The lowest BCUT2D eigenvalue weighted by atomic mass is 9.90. The second-order valence-corrected chi connectivity index (χ2v) is 7.94. The number of carbonyl (C=O) groups excluding carboxylic acids is 2. The molecular formula is C21H29N3O3. The van der Waals surface area contributed by atoms with E-state index >= 15 is 0 Å². The maximum Gasteiger partial charge on any atom is 0.234 e. The first-order chi connectivity index (χ1) is 13.2. The molecule has 1 N–H and O–H groups in total. The molecule has 3 aliphatic heterocycles. The maximum atomic E-state index is 12.0. The first-order valence-corrected chi connectivity index (χ1v) is 10.2. The fourth-order valence-corrected chi connectivity index (χ4v) is 4.45. The summed E-state index contributed by atoms with van der Waals surface area (Å²) in [4.78, 5) is 28.3. The van der Waals surface area contributed by atoms with Crippen molar-refractivity contribution in [3.63, 3.8) is 0 Å². The molecule has 3 fully saturated rings. The number of rotatable bonds is 4. The summed E-state index contributed by atoms with van der Waals surface area (Å²) >= 11 is 0. The number of nitrogens with zero attached hydrogens (tertiary/aromatic N) is 2. The third kappa shape index (κ3) is 4.50. The Kier molecular flexibility index (Phi) is 5.74. The molecule has 0 radical (unpaired) electrons. The zero-order valence-corrected chi connectivity index (χ0v) is 15.9. The summed E-state index contributed by atoms with van der Waals surface area (Å²) in [5.74, 6) is 0.258. The lowest BCUT2D eigenvalue weighted by Gasteiger charge is -2.37. The first kappa shape index (κ1) is 18.4. The van der Waals surface area contributed by atoms with Crippen LogP contribution in [0.15, 0.2) is 24.3 Å². The largest absolute Gasteiger partial charge is 0.379 e. The van der Waals surface area contributed by atoms with Gasteiger partial charge in [0.05, 0.1) is 19.1 Å². The van der Waals surface area contributed by atoms with Gasteiger partial charge < -0.3 is 9.64 Å². The number of hydrogen-bond donors (Lipinski definition) is 1. The van der Waals surface area contributed by atoms with Gasteiger partial charge in [0.25, 0.3) is 0 Å². The summed E-state index contributed by atoms with van der Waals surface area (Å²) in [6.45, 7) is 7.27. The van der Waals surface area contributed by atoms with Crippen molar-refractivity contribution in [2.24, 2.45) is 5.92 Å². The van der Waals surface area contributed by atoms with Gasteiger partial charge in [-0.2, -0.15) is 0 Å². The van der Waals surface area contributed by atoms with Gasteiger partial charge in [0.15, 0.2) is 0 Å². The number of morpholine rings is 1. The van der Waals surface area contributed by atoms with Crippen LogP contribution in [0, 0.1) is 5.92 Å². The van der Waals surface area contributed by atoms with E-state index in [-0.39, 0.29) is 17.7 Å². The van der Waals surface area contributed by atoms with Crippen LogP contribution in [0.25, 0.3) is 0 Å². The highest BCUT2D eigenvalue weighted by atomic mass is 16.5. The van der Waals surface area contributed by atoms with Crippen LogP contribution in [0.2, 0.25) is 0 Å². The summed E-state index contributed by atoms with van der Waals surface area (Å²) in [6.07, 6.45) is 3.49. The summed E-state index contributed by atoms with van der Waals surface area (Å²) in [6, 6.07) is 8.35. The van der Waals surface area contributed by atoms with Gasteiger partial charge in [0.2, 0.25) is 11.8 Å². The highest BCUT2D eigenvalue weighted by molar-refractivity contribution is 6.00. The maximum absolute atomic E-state index is 12.0. The Balaban J connectivity index is 1.29. The number of hydrogen-bond acceptors (Lipinski definition) is 5. The number of nitrogens with one attached hydrogen (secondary N) is 1. The van der Waals surface area contributed by atoms with Gasteiger partial charge in [-0.05, 0) is 42.9 Å². The Morgan fingerprint density at radius 3 is 2.33 bits per heavy atom. The van der Waals surface area contributed by atoms with E-state index in [4.69, 9.17) is 4.74 Å². The number of carbonyl (C=O) groups is 2. The van der Waals surface area contributed by atoms with Crippen LogP contribution in [0.1, 0.15) is 37.2 Å². The predicted octanol–water partition coefficient (Wildman–Crippen LogP) is 1.76. The van der Waals surface area contributed by atoms with Crippen molar-refractivity contribution in [3.8, 4) is 0 Å². The molecule has 0 saturated carbocycles. The summed E-state index contributed by atoms with van der Waals surface area (Å²) in [7, 11) is 0. The monoisotopic (exact) mass is 371 g/mol. The molecule has 6 nitrogen and oxygen atoms in total. The molecule has 0 aromatic heterocycles. The molecule has 3 heterocycles. The molecule has 1 unspecified atom stereocenters. The normalized spacial score (nSPS) is 25.5. The van der Waals surface area contributed by atoms with Crippen LogP contribution in [0.3, 0.4) is 0 Å². The number of imide groups is 1. The van der Waals surface area contributed by atoms with E-state index in [0.29, 0.717) is 12.8 Å². The zero-order chi connectivity index (χ0) is 18.6. The highest BCUT2D eigenvalue weighted by Crippen LogP contribution is 2.29. The number of benzene rings is 1. The molecule has 146 valence electrons. The van der Waals surface area contributed by atoms with E-state index in [9.17, 15) is 9.59 Å². The Bertz CT molecular complexity index is 662. The molecule has 4 rings (SSSR count). The second-order valence-electron chi connectivity index (χ2n) is 7.94. The predicted molar refractivity (Wildman–Crippen MR) is 104 cm³/mol. The Morgan fingerprint density at radius 2 is 1.67 bits per heavy atom. The number of piperidine rings is 2. The Hall–Kier alpha value is -1.92. The van der Waals surface area contributed by atoms with Crippen LogP contribution in [0.5, 0.6) is 0 Å². The molecule has 1 aromatic carbocycles.